The lowest BCUT2D eigenvalue weighted by molar-refractivity contribution is -0.111. The van der Waals surface area contributed by atoms with Crippen molar-refractivity contribution in [2.75, 3.05) is 35.7 Å². The fourth-order valence-corrected chi connectivity index (χ4v) is 4.41. The summed E-state index contributed by atoms with van der Waals surface area (Å²) in [5.74, 6) is 1.60. The average Bonchev–Trinajstić information content (AvgIpc) is 2.93. The van der Waals surface area contributed by atoms with Gasteiger partial charge in [-0.15, -0.1) is 0 Å². The number of ether oxygens (including phenoxy) is 1. The van der Waals surface area contributed by atoms with Gasteiger partial charge >= 0.3 is 0 Å². The molecule has 0 radical (unpaired) electrons. The number of nitrogens with zero attached hydrogens (tertiary/aromatic N) is 4. The van der Waals surface area contributed by atoms with Crippen molar-refractivity contribution in [3.63, 3.8) is 0 Å². The molecule has 3 heterocycles. The van der Waals surface area contributed by atoms with Crippen molar-refractivity contribution in [1.29, 1.82) is 0 Å². The second kappa shape index (κ2) is 10.4. The third-order valence-corrected chi connectivity index (χ3v) is 6.20. The first-order chi connectivity index (χ1) is 17.6. The fraction of sp³-hybridized carbons (Fsp3) is 0.214. The van der Waals surface area contributed by atoms with E-state index in [2.05, 4.69) is 27.1 Å². The first-order valence-corrected chi connectivity index (χ1v) is 12.0. The van der Waals surface area contributed by atoms with Crippen LogP contribution in [-0.4, -0.2) is 41.1 Å². The summed E-state index contributed by atoms with van der Waals surface area (Å²) < 4.78 is 5.59. The Morgan fingerprint density at radius 3 is 2.69 bits per heavy atom. The summed E-state index contributed by atoms with van der Waals surface area (Å²) in [5, 5.41) is 6.99. The summed E-state index contributed by atoms with van der Waals surface area (Å²) in [6, 6.07) is 17.5. The minimum atomic E-state index is -0.257. The van der Waals surface area contributed by atoms with Crippen LogP contribution in [0.15, 0.2) is 73.4 Å². The van der Waals surface area contributed by atoms with Crippen molar-refractivity contribution in [3.05, 3.63) is 73.4 Å². The summed E-state index contributed by atoms with van der Waals surface area (Å²) in [6.45, 7) is 5.54. The van der Waals surface area contributed by atoms with Gasteiger partial charge in [-0.2, -0.15) is 4.98 Å². The largest absolute Gasteiger partial charge is 0.479 e. The molecule has 2 aromatic heterocycles. The van der Waals surface area contributed by atoms with E-state index >= 15 is 0 Å². The van der Waals surface area contributed by atoms with Crippen LogP contribution in [0.25, 0.3) is 22.0 Å². The second-order valence-corrected chi connectivity index (χ2v) is 8.61. The number of para-hydroxylation sites is 1. The summed E-state index contributed by atoms with van der Waals surface area (Å²) in [6.07, 6.45) is 6.67. The maximum Gasteiger partial charge on any atom is 0.247 e. The quantitative estimate of drug-likeness (QED) is 0.335. The van der Waals surface area contributed by atoms with Gasteiger partial charge in [0, 0.05) is 35.9 Å². The number of rotatable bonds is 7. The maximum atomic E-state index is 11.7. The molecule has 0 atom stereocenters. The molecule has 0 saturated carbocycles. The van der Waals surface area contributed by atoms with E-state index in [0.29, 0.717) is 23.2 Å². The number of hydrogen-bond acceptors (Lipinski definition) is 7. The van der Waals surface area contributed by atoms with Gasteiger partial charge in [0.1, 0.15) is 11.5 Å². The lowest BCUT2D eigenvalue weighted by Crippen LogP contribution is -2.30. The number of benzene rings is 2. The molecule has 1 aliphatic rings. The van der Waals surface area contributed by atoms with Crippen LogP contribution in [-0.2, 0) is 4.79 Å². The van der Waals surface area contributed by atoms with Gasteiger partial charge in [0.2, 0.25) is 17.7 Å². The zero-order chi connectivity index (χ0) is 24.9. The van der Waals surface area contributed by atoms with E-state index in [1.54, 1.807) is 13.3 Å². The highest BCUT2D eigenvalue weighted by Gasteiger charge is 2.16. The van der Waals surface area contributed by atoms with Crippen molar-refractivity contribution >= 4 is 40.0 Å². The summed E-state index contributed by atoms with van der Waals surface area (Å²) >= 11 is 0. The number of anilines is 4. The number of fused-ring (bicyclic) bond motifs is 1. The van der Waals surface area contributed by atoms with E-state index in [0.717, 1.165) is 40.9 Å². The Balaban J connectivity index is 1.46. The molecule has 2 aromatic carbocycles. The standard InChI is InChI=1S/C28H28N6O2/c1-3-25(35)30-21-11-7-9-19(17-21)22-12-8-10-20-18-29-28(33-26(20)22)31-23-13-14-24(32-27(23)36-2)34-15-5-4-6-16-34/h3,7-14,17-18H,1,4-6,15-16H2,2H3,(H,30,35)(H,29,31,33). The van der Waals surface area contributed by atoms with Crippen LogP contribution in [0.3, 0.4) is 0 Å². The summed E-state index contributed by atoms with van der Waals surface area (Å²) in [5.41, 5.74) is 4.03. The van der Waals surface area contributed by atoms with Gasteiger partial charge in [-0.3, -0.25) is 4.79 Å². The predicted octanol–water partition coefficient (Wildman–Crippen LogP) is 5.56. The Morgan fingerprint density at radius 1 is 1.06 bits per heavy atom. The van der Waals surface area contributed by atoms with Gasteiger partial charge < -0.3 is 20.3 Å². The molecule has 1 saturated heterocycles. The van der Waals surface area contributed by atoms with Gasteiger partial charge in [0.25, 0.3) is 0 Å². The number of pyridine rings is 1. The molecule has 5 rings (SSSR count). The minimum absolute atomic E-state index is 0.257. The molecule has 0 aliphatic carbocycles. The number of amides is 1. The molecule has 8 heteroatoms. The third-order valence-electron chi connectivity index (χ3n) is 6.20. The molecule has 4 aromatic rings. The highest BCUT2D eigenvalue weighted by Crippen LogP contribution is 2.32. The van der Waals surface area contributed by atoms with Crippen LogP contribution in [0.1, 0.15) is 19.3 Å². The van der Waals surface area contributed by atoms with Crippen LogP contribution in [0.2, 0.25) is 0 Å². The Bertz CT molecular complexity index is 1410. The molecule has 0 bridgehead atoms. The minimum Gasteiger partial charge on any atom is -0.479 e. The lowest BCUT2D eigenvalue weighted by Gasteiger charge is -2.28. The molecule has 2 N–H and O–H groups in total. The number of piperidine rings is 1. The normalized spacial score (nSPS) is 13.3. The van der Waals surface area contributed by atoms with E-state index in [1.165, 1.54) is 25.3 Å². The lowest BCUT2D eigenvalue weighted by atomic mass is 10.0. The Morgan fingerprint density at radius 2 is 1.89 bits per heavy atom. The molecule has 0 unspecified atom stereocenters. The van der Waals surface area contributed by atoms with Crippen molar-refractivity contribution < 1.29 is 9.53 Å². The molecule has 182 valence electrons. The van der Waals surface area contributed by atoms with Crippen molar-refractivity contribution in [1.82, 2.24) is 15.0 Å². The second-order valence-electron chi connectivity index (χ2n) is 8.61. The Labute approximate surface area is 210 Å². The van der Waals surface area contributed by atoms with Crippen molar-refractivity contribution in [2.45, 2.75) is 19.3 Å². The number of nitrogens with one attached hydrogen (secondary N) is 2. The van der Waals surface area contributed by atoms with Crippen molar-refractivity contribution in [2.24, 2.45) is 0 Å². The third kappa shape index (κ3) is 4.98. The van der Waals surface area contributed by atoms with Crippen LogP contribution < -0.4 is 20.3 Å². The molecule has 1 aliphatic heterocycles. The van der Waals surface area contributed by atoms with E-state index < -0.39 is 0 Å². The van der Waals surface area contributed by atoms with E-state index in [4.69, 9.17) is 14.7 Å². The number of hydrogen-bond donors (Lipinski definition) is 2. The first-order valence-electron chi connectivity index (χ1n) is 12.0. The highest BCUT2D eigenvalue weighted by molar-refractivity contribution is 6.00. The molecule has 8 nitrogen and oxygen atoms in total. The van der Waals surface area contributed by atoms with Gasteiger partial charge in [-0.05, 0) is 55.2 Å². The molecule has 1 fully saturated rings. The molecule has 36 heavy (non-hydrogen) atoms. The smallest absolute Gasteiger partial charge is 0.247 e. The van der Waals surface area contributed by atoms with E-state index in [1.807, 2.05) is 54.6 Å². The van der Waals surface area contributed by atoms with E-state index in [9.17, 15) is 4.79 Å². The van der Waals surface area contributed by atoms with Crippen LogP contribution >= 0.6 is 0 Å². The van der Waals surface area contributed by atoms with Gasteiger partial charge in [-0.1, -0.05) is 36.9 Å². The molecule has 1 amide bonds. The Kier molecular flexibility index (Phi) is 6.75. The molecular formula is C28H28N6O2. The highest BCUT2D eigenvalue weighted by atomic mass is 16.5. The van der Waals surface area contributed by atoms with Gasteiger partial charge in [0.15, 0.2) is 0 Å². The number of carbonyl (C=O) groups excluding carboxylic acids is 1. The van der Waals surface area contributed by atoms with Crippen LogP contribution in [0, 0.1) is 0 Å². The topological polar surface area (TPSA) is 92.3 Å². The molecular weight excluding hydrogens is 452 g/mol. The van der Waals surface area contributed by atoms with Crippen LogP contribution in [0.5, 0.6) is 5.88 Å². The average molecular weight is 481 g/mol. The maximum absolute atomic E-state index is 11.7. The van der Waals surface area contributed by atoms with Gasteiger partial charge in [-0.25, -0.2) is 9.97 Å². The Hall–Kier alpha value is -4.46. The van der Waals surface area contributed by atoms with Crippen LogP contribution in [0.4, 0.5) is 23.1 Å². The number of aromatic nitrogens is 3. The summed E-state index contributed by atoms with van der Waals surface area (Å²) in [7, 11) is 1.62. The number of methoxy groups -OCH3 is 1. The first kappa shape index (κ1) is 23.3. The SMILES string of the molecule is C=CC(=O)Nc1cccc(-c2cccc3cnc(Nc4ccc(N5CCCCC5)nc4OC)nc23)c1. The zero-order valence-corrected chi connectivity index (χ0v) is 20.2. The summed E-state index contributed by atoms with van der Waals surface area (Å²) in [4.78, 5) is 28.1. The monoisotopic (exact) mass is 480 g/mol. The number of carbonyl (C=O) groups is 1. The molecule has 0 spiro atoms. The van der Waals surface area contributed by atoms with Gasteiger partial charge in [0.05, 0.1) is 12.6 Å². The zero-order valence-electron chi connectivity index (χ0n) is 20.2. The van der Waals surface area contributed by atoms with Crippen molar-refractivity contribution in [3.8, 4) is 17.0 Å². The fourth-order valence-electron chi connectivity index (χ4n) is 4.41. The predicted molar refractivity (Wildman–Crippen MR) is 144 cm³/mol. The van der Waals surface area contributed by atoms with E-state index in [-0.39, 0.29) is 5.91 Å².